The van der Waals surface area contributed by atoms with Crippen LogP contribution < -0.4 is 5.73 Å². The van der Waals surface area contributed by atoms with Crippen LogP contribution in [0.5, 0.6) is 0 Å². The van der Waals surface area contributed by atoms with Gasteiger partial charge in [0.05, 0.1) is 0 Å². The second-order valence-electron chi connectivity index (χ2n) is 1.14. The molecule has 0 atom stereocenters. The second kappa shape index (κ2) is 3.98. The van der Waals surface area contributed by atoms with Crippen molar-refractivity contribution >= 4 is 18.4 Å². The van der Waals surface area contributed by atoms with Crippen molar-refractivity contribution in [1.82, 2.24) is 0 Å². The predicted octanol–water partition coefficient (Wildman–Crippen LogP) is -0.00966. The molecular weight excluding hydrogens is 104 g/mol. The van der Waals surface area contributed by atoms with Gasteiger partial charge in [-0.3, -0.25) is 5.41 Å². The summed E-state index contributed by atoms with van der Waals surface area (Å²) in [7, 11) is 0. The van der Waals surface area contributed by atoms with Crippen LogP contribution in [0.2, 0.25) is 0 Å². The molecule has 0 aromatic heterocycles. The van der Waals surface area contributed by atoms with Crippen LogP contribution in [0.15, 0.2) is 4.99 Å². The third-order valence-corrected chi connectivity index (χ3v) is 0.454. The number of nitrogens with zero attached hydrogens (tertiary/aromatic N) is 1. The monoisotopic (exact) mass is 112 g/mol. The first kappa shape index (κ1) is 6.81. The molecule has 0 aromatic carbocycles. The molecule has 44 valence electrons. The molecule has 0 spiro atoms. The summed E-state index contributed by atoms with van der Waals surface area (Å²) in [5.74, 6) is -0.216. The standard InChI is InChI=1S/C4H8N4/c5-2-1-3-8-4(6)7/h2-3,5H,1H2,(H3,6,7). The molecule has 0 radical (unpaired) electrons. The first-order valence-electron chi connectivity index (χ1n) is 2.13. The topological polar surface area (TPSA) is 86.1 Å². The molecule has 0 saturated carbocycles. The first-order valence-corrected chi connectivity index (χ1v) is 2.13. The Hall–Kier alpha value is -1.19. The predicted molar refractivity (Wildman–Crippen MR) is 33.8 cm³/mol. The third-order valence-electron chi connectivity index (χ3n) is 0.454. The number of guanidine groups is 1. The highest BCUT2D eigenvalue weighted by Crippen LogP contribution is 1.65. The van der Waals surface area contributed by atoms with Crippen molar-refractivity contribution in [2.75, 3.05) is 0 Å². The molecule has 0 aromatic rings. The molecule has 0 fully saturated rings. The van der Waals surface area contributed by atoms with Gasteiger partial charge in [0.2, 0.25) is 5.96 Å². The molecule has 4 N–H and O–H groups in total. The fourth-order valence-electron chi connectivity index (χ4n) is 0.204. The van der Waals surface area contributed by atoms with Crippen LogP contribution >= 0.6 is 0 Å². The number of hydrogen-bond donors (Lipinski definition) is 3. The van der Waals surface area contributed by atoms with E-state index in [4.69, 9.17) is 16.6 Å². The van der Waals surface area contributed by atoms with Crippen LogP contribution in [-0.2, 0) is 0 Å². The maximum absolute atomic E-state index is 6.58. The Morgan fingerprint density at radius 3 is 2.75 bits per heavy atom. The molecule has 4 heteroatoms. The highest BCUT2D eigenvalue weighted by molar-refractivity contribution is 5.88. The van der Waals surface area contributed by atoms with Crippen molar-refractivity contribution in [3.05, 3.63) is 0 Å². The maximum Gasteiger partial charge on any atom is 0.212 e. The summed E-state index contributed by atoms with van der Waals surface area (Å²) in [4.78, 5) is 3.40. The molecule has 0 aliphatic rings. The molecule has 0 rings (SSSR count). The van der Waals surface area contributed by atoms with Gasteiger partial charge in [0.15, 0.2) is 0 Å². The Morgan fingerprint density at radius 1 is 1.75 bits per heavy atom. The molecule has 0 unspecified atom stereocenters. The van der Waals surface area contributed by atoms with E-state index in [9.17, 15) is 0 Å². The molecule has 0 bridgehead atoms. The van der Waals surface area contributed by atoms with E-state index in [-0.39, 0.29) is 5.96 Å². The highest BCUT2D eigenvalue weighted by Gasteiger charge is 1.73. The van der Waals surface area contributed by atoms with Gasteiger partial charge >= 0.3 is 0 Å². The summed E-state index contributed by atoms with van der Waals surface area (Å²) in [5.41, 5.74) is 4.84. The lowest BCUT2D eigenvalue weighted by Gasteiger charge is -1.79. The molecule has 8 heavy (non-hydrogen) atoms. The van der Waals surface area contributed by atoms with Gasteiger partial charge in [-0.25, -0.2) is 4.99 Å². The summed E-state index contributed by atoms with van der Waals surface area (Å²) < 4.78 is 0. The van der Waals surface area contributed by atoms with Gasteiger partial charge in [-0.05, 0) is 0 Å². The van der Waals surface area contributed by atoms with E-state index >= 15 is 0 Å². The van der Waals surface area contributed by atoms with Crippen LogP contribution in [0.4, 0.5) is 0 Å². The van der Waals surface area contributed by atoms with Crippen molar-refractivity contribution in [3.8, 4) is 0 Å². The van der Waals surface area contributed by atoms with E-state index in [1.54, 1.807) is 0 Å². The zero-order valence-corrected chi connectivity index (χ0v) is 4.39. The fourth-order valence-corrected chi connectivity index (χ4v) is 0.204. The largest absolute Gasteiger partial charge is 0.368 e. The smallest absolute Gasteiger partial charge is 0.212 e. The quantitative estimate of drug-likeness (QED) is 0.340. The number of nitrogens with two attached hydrogens (primary N) is 1. The molecule has 0 aliphatic heterocycles. The zero-order chi connectivity index (χ0) is 6.41. The minimum Gasteiger partial charge on any atom is -0.368 e. The molecule has 0 heterocycles. The van der Waals surface area contributed by atoms with Crippen molar-refractivity contribution in [2.24, 2.45) is 10.7 Å². The van der Waals surface area contributed by atoms with Crippen molar-refractivity contribution < 1.29 is 0 Å². The van der Waals surface area contributed by atoms with Gasteiger partial charge in [0.25, 0.3) is 0 Å². The van der Waals surface area contributed by atoms with Gasteiger partial charge in [-0.15, -0.1) is 0 Å². The molecular formula is C4H8N4. The van der Waals surface area contributed by atoms with E-state index in [0.717, 1.165) is 0 Å². The number of rotatable bonds is 2. The third kappa shape index (κ3) is 4.81. The van der Waals surface area contributed by atoms with Gasteiger partial charge in [-0.1, -0.05) is 0 Å². The maximum atomic E-state index is 6.58. The van der Waals surface area contributed by atoms with Crippen molar-refractivity contribution in [3.63, 3.8) is 0 Å². The van der Waals surface area contributed by atoms with E-state index < -0.39 is 0 Å². The Morgan fingerprint density at radius 2 is 2.38 bits per heavy atom. The Labute approximate surface area is 47.4 Å². The Bertz CT molecular complexity index is 115. The summed E-state index contributed by atoms with van der Waals surface area (Å²) >= 11 is 0. The van der Waals surface area contributed by atoms with Crippen molar-refractivity contribution in [1.29, 1.82) is 10.8 Å². The van der Waals surface area contributed by atoms with Gasteiger partial charge in [0, 0.05) is 18.9 Å². The summed E-state index contributed by atoms with van der Waals surface area (Å²) in [6.07, 6.45) is 3.04. The first-order chi connectivity index (χ1) is 3.77. The van der Waals surface area contributed by atoms with Crippen LogP contribution in [0, 0.1) is 10.8 Å². The van der Waals surface area contributed by atoms with Crippen LogP contribution in [0.1, 0.15) is 6.42 Å². The normalized spacial score (nSPS) is 9.50. The number of hydrogen-bond acceptors (Lipinski definition) is 2. The van der Waals surface area contributed by atoms with Crippen molar-refractivity contribution in [2.45, 2.75) is 6.42 Å². The van der Waals surface area contributed by atoms with Gasteiger partial charge in [-0.2, -0.15) is 0 Å². The molecule has 0 saturated heterocycles. The van der Waals surface area contributed by atoms with E-state index in [0.29, 0.717) is 6.42 Å². The van der Waals surface area contributed by atoms with Crippen LogP contribution in [-0.4, -0.2) is 18.4 Å². The Balaban J connectivity index is 3.34. The Kier molecular flexibility index (Phi) is 3.39. The number of nitrogens with one attached hydrogen (secondary N) is 2. The van der Waals surface area contributed by atoms with Crippen LogP contribution in [0.25, 0.3) is 0 Å². The lowest BCUT2D eigenvalue weighted by molar-refractivity contribution is 1.37. The average Bonchev–Trinajstić information content (AvgIpc) is 1.66. The highest BCUT2D eigenvalue weighted by atomic mass is 15.0. The minimum atomic E-state index is -0.216. The SMILES string of the molecule is N=CCC=NC(=N)N. The van der Waals surface area contributed by atoms with Gasteiger partial charge in [0.1, 0.15) is 0 Å². The lowest BCUT2D eigenvalue weighted by atomic mass is 10.5. The average molecular weight is 112 g/mol. The van der Waals surface area contributed by atoms with Gasteiger partial charge < -0.3 is 11.1 Å². The van der Waals surface area contributed by atoms with E-state index in [2.05, 4.69) is 4.99 Å². The molecule has 0 aliphatic carbocycles. The number of aliphatic imine (C=N–C) groups is 1. The molecule has 4 nitrogen and oxygen atoms in total. The molecule has 0 amide bonds. The van der Waals surface area contributed by atoms with E-state index in [1.165, 1.54) is 12.4 Å². The summed E-state index contributed by atoms with van der Waals surface area (Å²) in [6, 6.07) is 0. The summed E-state index contributed by atoms with van der Waals surface area (Å²) in [6.45, 7) is 0. The summed E-state index contributed by atoms with van der Waals surface area (Å²) in [5, 5.41) is 13.1. The fraction of sp³-hybridized carbons (Fsp3) is 0.250. The van der Waals surface area contributed by atoms with E-state index in [1.807, 2.05) is 0 Å². The minimum absolute atomic E-state index is 0.216. The van der Waals surface area contributed by atoms with Crippen LogP contribution in [0.3, 0.4) is 0 Å². The zero-order valence-electron chi connectivity index (χ0n) is 4.39. The lowest BCUT2D eigenvalue weighted by Crippen LogP contribution is -2.05. The second-order valence-corrected chi connectivity index (χ2v) is 1.14.